The zero-order valence-corrected chi connectivity index (χ0v) is 19.2. The number of carboxylic acids is 1. The zero-order chi connectivity index (χ0) is 26.8. The third-order valence-corrected chi connectivity index (χ3v) is 5.65. The van der Waals surface area contributed by atoms with Crippen molar-refractivity contribution in [3.8, 4) is 16.9 Å². The average Bonchev–Trinajstić information content (AvgIpc) is 2.80. The molecule has 192 valence electrons. The number of rotatable bonds is 8. The number of benzene rings is 2. The normalized spacial score (nSPS) is 11.5. The van der Waals surface area contributed by atoms with Crippen molar-refractivity contribution >= 4 is 5.97 Å². The molecular weight excluding hydrogens is 491 g/mol. The molecule has 0 saturated carbocycles. The monoisotopic (exact) mass is 512 g/mol. The summed E-state index contributed by atoms with van der Waals surface area (Å²) >= 11 is 0. The van der Waals surface area contributed by atoms with Crippen molar-refractivity contribution in [3.05, 3.63) is 85.7 Å². The van der Waals surface area contributed by atoms with Crippen LogP contribution in [0.4, 0.5) is 22.0 Å². The number of methoxy groups -OCH3 is 1. The number of aliphatic carboxylic acids is 1. The number of aromatic nitrogens is 2. The maximum absolute atomic E-state index is 15.1. The minimum Gasteiger partial charge on any atom is -0.494 e. The van der Waals surface area contributed by atoms with E-state index in [9.17, 15) is 31.9 Å². The summed E-state index contributed by atoms with van der Waals surface area (Å²) in [5.41, 5.74) is -5.08. The van der Waals surface area contributed by atoms with Crippen LogP contribution in [-0.4, -0.2) is 27.3 Å². The lowest BCUT2D eigenvalue weighted by molar-refractivity contribution is -0.138. The van der Waals surface area contributed by atoms with Gasteiger partial charge in [-0.25, -0.2) is 13.6 Å². The topological polar surface area (TPSA) is 90.5 Å². The highest BCUT2D eigenvalue weighted by atomic mass is 19.4. The second-order valence-electron chi connectivity index (χ2n) is 7.87. The van der Waals surface area contributed by atoms with Crippen LogP contribution in [-0.2, 0) is 24.1 Å². The number of halogens is 5. The molecule has 3 aromatic rings. The Balaban J connectivity index is 2.33. The van der Waals surface area contributed by atoms with Crippen molar-refractivity contribution in [2.24, 2.45) is 0 Å². The van der Waals surface area contributed by atoms with Crippen LogP contribution in [0.5, 0.6) is 5.75 Å². The Kier molecular flexibility index (Phi) is 7.65. The SMILES string of the molecule is COc1cccc(-c2c(C)n(Cc3c(F)cccc3C(F)(F)F)c(=O)n(CCCC(=O)O)c2=O)c1F. The fourth-order valence-electron chi connectivity index (χ4n) is 3.89. The van der Waals surface area contributed by atoms with Crippen molar-refractivity contribution in [2.45, 2.75) is 39.0 Å². The molecule has 0 saturated heterocycles. The summed E-state index contributed by atoms with van der Waals surface area (Å²) < 4.78 is 76.7. The van der Waals surface area contributed by atoms with E-state index in [-0.39, 0.29) is 29.0 Å². The third-order valence-electron chi connectivity index (χ3n) is 5.65. The van der Waals surface area contributed by atoms with Gasteiger partial charge in [0.1, 0.15) is 5.82 Å². The fourth-order valence-corrected chi connectivity index (χ4v) is 3.89. The standard InChI is InChI=1S/C24H21F5N2O5/c1-13-20(14-6-3-9-18(36-2)21(14)26)22(34)30(11-5-10-19(32)33)23(35)31(13)12-15-16(24(27,28)29)7-4-8-17(15)25/h3-4,6-9H,5,10-12H2,1-2H3,(H,32,33). The molecule has 0 aliphatic carbocycles. The summed E-state index contributed by atoms with van der Waals surface area (Å²) in [5, 5.41) is 8.91. The van der Waals surface area contributed by atoms with E-state index in [0.29, 0.717) is 10.6 Å². The predicted molar refractivity (Wildman–Crippen MR) is 119 cm³/mol. The van der Waals surface area contributed by atoms with Gasteiger partial charge in [0, 0.05) is 29.8 Å². The molecule has 0 spiro atoms. The number of nitrogens with zero attached hydrogens (tertiary/aromatic N) is 2. The smallest absolute Gasteiger partial charge is 0.416 e. The van der Waals surface area contributed by atoms with Gasteiger partial charge in [-0.3, -0.25) is 18.7 Å². The van der Waals surface area contributed by atoms with E-state index in [1.165, 1.54) is 32.2 Å². The van der Waals surface area contributed by atoms with Crippen molar-refractivity contribution in [2.75, 3.05) is 7.11 Å². The molecule has 7 nitrogen and oxygen atoms in total. The maximum atomic E-state index is 15.1. The van der Waals surface area contributed by atoms with Crippen LogP contribution in [0.25, 0.3) is 11.1 Å². The maximum Gasteiger partial charge on any atom is 0.416 e. The van der Waals surface area contributed by atoms with Crippen LogP contribution in [0.15, 0.2) is 46.0 Å². The Morgan fingerprint density at radius 3 is 2.33 bits per heavy atom. The van der Waals surface area contributed by atoms with E-state index >= 15 is 4.39 Å². The number of ether oxygens (including phenoxy) is 1. The van der Waals surface area contributed by atoms with Crippen molar-refractivity contribution < 1.29 is 36.6 Å². The molecule has 3 rings (SSSR count). The van der Waals surface area contributed by atoms with Gasteiger partial charge in [-0.2, -0.15) is 13.2 Å². The minimum atomic E-state index is -4.94. The Hall–Kier alpha value is -3.96. The fraction of sp³-hybridized carbons (Fsp3) is 0.292. The Bertz CT molecular complexity index is 1430. The Morgan fingerprint density at radius 2 is 1.72 bits per heavy atom. The minimum absolute atomic E-state index is 0.166. The zero-order valence-electron chi connectivity index (χ0n) is 19.2. The van der Waals surface area contributed by atoms with Crippen LogP contribution in [0.1, 0.15) is 29.7 Å². The van der Waals surface area contributed by atoms with E-state index in [1.54, 1.807) is 0 Å². The van der Waals surface area contributed by atoms with E-state index < -0.39 is 65.7 Å². The summed E-state index contributed by atoms with van der Waals surface area (Å²) in [6.07, 6.45) is -5.51. The van der Waals surface area contributed by atoms with Crippen LogP contribution in [0.3, 0.4) is 0 Å². The highest BCUT2D eigenvalue weighted by Crippen LogP contribution is 2.34. The molecule has 12 heteroatoms. The summed E-state index contributed by atoms with van der Waals surface area (Å²) in [7, 11) is 1.19. The molecule has 2 aromatic carbocycles. The molecule has 1 heterocycles. The number of hydrogen-bond donors (Lipinski definition) is 1. The number of hydrogen-bond acceptors (Lipinski definition) is 4. The lowest BCUT2D eigenvalue weighted by Crippen LogP contribution is -2.42. The van der Waals surface area contributed by atoms with E-state index in [1.807, 2.05) is 0 Å². The number of carbonyl (C=O) groups is 1. The summed E-state index contributed by atoms with van der Waals surface area (Å²) in [4.78, 5) is 37.4. The molecule has 0 unspecified atom stereocenters. The number of carboxylic acid groups (broad SMARTS) is 1. The van der Waals surface area contributed by atoms with Crippen LogP contribution < -0.4 is 16.0 Å². The summed E-state index contributed by atoms with van der Waals surface area (Å²) in [5.74, 6) is -3.61. The highest BCUT2D eigenvalue weighted by Gasteiger charge is 2.35. The lowest BCUT2D eigenvalue weighted by Gasteiger charge is -2.20. The molecule has 1 aromatic heterocycles. The Morgan fingerprint density at radius 1 is 1.06 bits per heavy atom. The van der Waals surface area contributed by atoms with Gasteiger partial charge in [0.05, 0.1) is 24.8 Å². The molecule has 0 aliphatic rings. The molecule has 1 N–H and O–H groups in total. The molecule has 0 atom stereocenters. The van der Waals surface area contributed by atoms with Crippen LogP contribution in [0.2, 0.25) is 0 Å². The molecular formula is C24H21F5N2O5. The average molecular weight is 512 g/mol. The predicted octanol–water partition coefficient (Wildman–Crippen LogP) is 4.20. The van der Waals surface area contributed by atoms with Gasteiger partial charge in [-0.1, -0.05) is 18.2 Å². The highest BCUT2D eigenvalue weighted by molar-refractivity contribution is 5.68. The second-order valence-corrected chi connectivity index (χ2v) is 7.87. The first-order valence-corrected chi connectivity index (χ1v) is 10.6. The third kappa shape index (κ3) is 5.16. The van der Waals surface area contributed by atoms with E-state index in [2.05, 4.69) is 0 Å². The Labute approximate surface area is 201 Å². The second kappa shape index (κ2) is 10.3. The first kappa shape index (κ1) is 26.6. The first-order valence-electron chi connectivity index (χ1n) is 10.6. The van der Waals surface area contributed by atoms with Crippen molar-refractivity contribution in [1.82, 2.24) is 9.13 Å². The molecule has 36 heavy (non-hydrogen) atoms. The van der Waals surface area contributed by atoms with Gasteiger partial charge in [-0.05, 0) is 31.5 Å². The van der Waals surface area contributed by atoms with Gasteiger partial charge in [0.15, 0.2) is 11.6 Å². The van der Waals surface area contributed by atoms with E-state index in [4.69, 9.17) is 9.84 Å². The van der Waals surface area contributed by atoms with E-state index in [0.717, 1.165) is 16.7 Å². The van der Waals surface area contributed by atoms with Crippen LogP contribution in [0, 0.1) is 18.6 Å². The molecule has 0 fully saturated rings. The lowest BCUT2D eigenvalue weighted by atomic mass is 10.0. The van der Waals surface area contributed by atoms with Gasteiger partial charge in [0.25, 0.3) is 5.56 Å². The van der Waals surface area contributed by atoms with Crippen molar-refractivity contribution in [1.29, 1.82) is 0 Å². The molecule has 0 bridgehead atoms. The van der Waals surface area contributed by atoms with Crippen molar-refractivity contribution in [3.63, 3.8) is 0 Å². The first-order chi connectivity index (χ1) is 16.9. The van der Waals surface area contributed by atoms with Gasteiger partial charge in [-0.15, -0.1) is 0 Å². The summed E-state index contributed by atoms with van der Waals surface area (Å²) in [6.45, 7) is -0.0943. The molecule has 0 aliphatic heterocycles. The van der Waals surface area contributed by atoms with Gasteiger partial charge in [0.2, 0.25) is 0 Å². The van der Waals surface area contributed by atoms with Gasteiger partial charge < -0.3 is 9.84 Å². The summed E-state index contributed by atoms with van der Waals surface area (Å²) in [6, 6.07) is 6.22. The van der Waals surface area contributed by atoms with Crippen LogP contribution >= 0.6 is 0 Å². The molecule has 0 radical (unpaired) electrons. The largest absolute Gasteiger partial charge is 0.494 e. The van der Waals surface area contributed by atoms with Gasteiger partial charge >= 0.3 is 17.8 Å². The molecule has 0 amide bonds. The quantitative estimate of drug-likeness (QED) is 0.457. The number of alkyl halides is 3.